The number of hydrogen-bond donors (Lipinski definition) is 2. The molecule has 0 radical (unpaired) electrons. The van der Waals surface area contributed by atoms with Crippen molar-refractivity contribution in [3.63, 3.8) is 0 Å². The standard InChI is InChI=1S/C13H17N3/c1-10-3-5-11(6-4-10)9-12(14-2)13-15-7-8-16-13/h3-8,12,14H,9H2,1-2H3,(H,15,16). The molecule has 0 spiro atoms. The van der Waals surface area contributed by atoms with Crippen molar-refractivity contribution < 1.29 is 0 Å². The first kappa shape index (κ1) is 10.9. The summed E-state index contributed by atoms with van der Waals surface area (Å²) in [6, 6.07) is 8.87. The van der Waals surface area contributed by atoms with E-state index in [1.165, 1.54) is 11.1 Å². The van der Waals surface area contributed by atoms with Gasteiger partial charge in [-0.15, -0.1) is 0 Å². The minimum Gasteiger partial charge on any atom is -0.347 e. The largest absolute Gasteiger partial charge is 0.347 e. The fraction of sp³-hybridized carbons (Fsp3) is 0.308. The molecule has 0 aliphatic carbocycles. The summed E-state index contributed by atoms with van der Waals surface area (Å²) in [6.07, 6.45) is 4.59. The minimum absolute atomic E-state index is 0.248. The fourth-order valence-corrected chi connectivity index (χ4v) is 1.76. The minimum atomic E-state index is 0.248. The number of likely N-dealkylation sites (N-methyl/N-ethyl adjacent to an activating group) is 1. The van der Waals surface area contributed by atoms with Crippen molar-refractivity contribution in [3.8, 4) is 0 Å². The second-order valence-corrected chi connectivity index (χ2v) is 4.01. The van der Waals surface area contributed by atoms with E-state index in [0.29, 0.717) is 0 Å². The van der Waals surface area contributed by atoms with E-state index in [4.69, 9.17) is 0 Å². The van der Waals surface area contributed by atoms with Gasteiger partial charge in [0.25, 0.3) is 0 Å². The second kappa shape index (κ2) is 4.94. The van der Waals surface area contributed by atoms with Crippen LogP contribution in [0.5, 0.6) is 0 Å². The lowest BCUT2D eigenvalue weighted by atomic mass is 10.0. The van der Waals surface area contributed by atoms with E-state index >= 15 is 0 Å². The predicted octanol–water partition coefficient (Wildman–Crippen LogP) is 2.22. The van der Waals surface area contributed by atoms with Gasteiger partial charge in [-0.25, -0.2) is 4.98 Å². The average molecular weight is 215 g/mol. The number of benzene rings is 1. The van der Waals surface area contributed by atoms with Crippen LogP contribution in [0.1, 0.15) is 23.0 Å². The first-order chi connectivity index (χ1) is 7.79. The molecule has 0 fully saturated rings. The maximum absolute atomic E-state index is 4.28. The summed E-state index contributed by atoms with van der Waals surface area (Å²) in [5, 5.41) is 3.27. The molecule has 1 aromatic carbocycles. The van der Waals surface area contributed by atoms with Crippen LogP contribution in [-0.4, -0.2) is 17.0 Å². The third-order valence-corrected chi connectivity index (χ3v) is 2.76. The first-order valence-corrected chi connectivity index (χ1v) is 5.51. The lowest BCUT2D eigenvalue weighted by Gasteiger charge is -2.13. The van der Waals surface area contributed by atoms with E-state index in [0.717, 1.165) is 12.2 Å². The summed E-state index contributed by atoms with van der Waals surface area (Å²) in [4.78, 5) is 7.43. The Balaban J connectivity index is 2.10. The van der Waals surface area contributed by atoms with Crippen LogP contribution >= 0.6 is 0 Å². The van der Waals surface area contributed by atoms with Crippen LogP contribution in [0.2, 0.25) is 0 Å². The van der Waals surface area contributed by atoms with E-state index in [9.17, 15) is 0 Å². The Hall–Kier alpha value is -1.61. The number of rotatable bonds is 4. The van der Waals surface area contributed by atoms with Gasteiger partial charge < -0.3 is 10.3 Å². The van der Waals surface area contributed by atoms with Gasteiger partial charge in [0, 0.05) is 12.4 Å². The van der Waals surface area contributed by atoms with Crippen molar-refractivity contribution in [1.29, 1.82) is 0 Å². The maximum atomic E-state index is 4.28. The number of aryl methyl sites for hydroxylation is 1. The molecular weight excluding hydrogens is 198 g/mol. The van der Waals surface area contributed by atoms with Gasteiger partial charge in [0.2, 0.25) is 0 Å². The molecule has 0 aliphatic rings. The molecule has 3 heteroatoms. The van der Waals surface area contributed by atoms with Crippen LogP contribution in [-0.2, 0) is 6.42 Å². The molecular formula is C13H17N3. The smallest absolute Gasteiger partial charge is 0.123 e. The molecule has 0 saturated heterocycles. The summed E-state index contributed by atoms with van der Waals surface area (Å²) >= 11 is 0. The molecule has 1 unspecified atom stereocenters. The van der Waals surface area contributed by atoms with Crippen molar-refractivity contribution in [2.45, 2.75) is 19.4 Å². The van der Waals surface area contributed by atoms with Gasteiger partial charge in [-0.2, -0.15) is 0 Å². The van der Waals surface area contributed by atoms with Gasteiger partial charge in [-0.05, 0) is 26.0 Å². The highest BCUT2D eigenvalue weighted by molar-refractivity contribution is 5.22. The number of hydrogen-bond acceptors (Lipinski definition) is 2. The number of nitrogens with one attached hydrogen (secondary N) is 2. The quantitative estimate of drug-likeness (QED) is 0.821. The summed E-state index contributed by atoms with van der Waals surface area (Å²) in [5.41, 5.74) is 2.61. The Bertz CT molecular complexity index is 417. The molecule has 0 amide bonds. The Morgan fingerprint density at radius 3 is 2.62 bits per heavy atom. The molecule has 1 aromatic heterocycles. The zero-order chi connectivity index (χ0) is 11.4. The Kier molecular flexibility index (Phi) is 3.37. The lowest BCUT2D eigenvalue weighted by molar-refractivity contribution is 0.563. The van der Waals surface area contributed by atoms with E-state index in [1.54, 1.807) is 6.20 Å². The second-order valence-electron chi connectivity index (χ2n) is 4.01. The maximum Gasteiger partial charge on any atom is 0.123 e. The van der Waals surface area contributed by atoms with E-state index < -0.39 is 0 Å². The number of H-pyrrole nitrogens is 1. The van der Waals surface area contributed by atoms with Crippen molar-refractivity contribution in [2.24, 2.45) is 0 Å². The third-order valence-electron chi connectivity index (χ3n) is 2.76. The molecule has 0 bridgehead atoms. The third kappa shape index (κ3) is 2.49. The van der Waals surface area contributed by atoms with Crippen LogP contribution < -0.4 is 5.32 Å². The molecule has 2 rings (SSSR count). The summed E-state index contributed by atoms with van der Waals surface area (Å²) in [7, 11) is 1.96. The molecule has 0 saturated carbocycles. The Morgan fingerprint density at radius 2 is 2.06 bits per heavy atom. The van der Waals surface area contributed by atoms with Crippen molar-refractivity contribution in [3.05, 3.63) is 53.6 Å². The van der Waals surface area contributed by atoms with Gasteiger partial charge in [-0.1, -0.05) is 29.8 Å². The highest BCUT2D eigenvalue weighted by Crippen LogP contribution is 2.14. The Labute approximate surface area is 95.9 Å². The van der Waals surface area contributed by atoms with E-state index in [1.807, 2.05) is 13.2 Å². The van der Waals surface area contributed by atoms with E-state index in [2.05, 4.69) is 46.5 Å². The van der Waals surface area contributed by atoms with Gasteiger partial charge in [0.05, 0.1) is 6.04 Å². The highest BCUT2D eigenvalue weighted by Gasteiger charge is 2.11. The van der Waals surface area contributed by atoms with Crippen LogP contribution in [0.15, 0.2) is 36.7 Å². The molecule has 0 aliphatic heterocycles. The summed E-state index contributed by atoms with van der Waals surface area (Å²) < 4.78 is 0. The number of imidazole rings is 1. The fourth-order valence-electron chi connectivity index (χ4n) is 1.76. The predicted molar refractivity (Wildman–Crippen MR) is 65.3 cm³/mol. The van der Waals surface area contributed by atoms with Crippen molar-refractivity contribution in [2.75, 3.05) is 7.05 Å². The zero-order valence-electron chi connectivity index (χ0n) is 9.70. The molecule has 1 atom stereocenters. The van der Waals surface area contributed by atoms with Gasteiger partial charge in [-0.3, -0.25) is 0 Å². The summed E-state index contributed by atoms with van der Waals surface area (Å²) in [5.74, 6) is 0.989. The van der Waals surface area contributed by atoms with Gasteiger partial charge in [0.15, 0.2) is 0 Å². The molecule has 3 nitrogen and oxygen atoms in total. The van der Waals surface area contributed by atoms with E-state index in [-0.39, 0.29) is 6.04 Å². The SMILES string of the molecule is CNC(Cc1ccc(C)cc1)c1ncc[nH]1. The molecule has 1 heterocycles. The molecule has 84 valence electrons. The van der Waals surface area contributed by atoms with Crippen LogP contribution in [0.4, 0.5) is 0 Å². The van der Waals surface area contributed by atoms with Gasteiger partial charge in [0.1, 0.15) is 5.82 Å². The normalized spacial score (nSPS) is 12.6. The molecule has 16 heavy (non-hydrogen) atoms. The highest BCUT2D eigenvalue weighted by atomic mass is 15.0. The number of aromatic nitrogens is 2. The zero-order valence-corrected chi connectivity index (χ0v) is 9.70. The topological polar surface area (TPSA) is 40.7 Å². The number of aromatic amines is 1. The van der Waals surface area contributed by atoms with Crippen molar-refractivity contribution >= 4 is 0 Å². The van der Waals surface area contributed by atoms with Crippen LogP contribution in [0.3, 0.4) is 0 Å². The first-order valence-electron chi connectivity index (χ1n) is 5.51. The van der Waals surface area contributed by atoms with Gasteiger partial charge >= 0.3 is 0 Å². The molecule has 2 aromatic rings. The molecule has 2 N–H and O–H groups in total. The average Bonchev–Trinajstić information content (AvgIpc) is 2.82. The summed E-state index contributed by atoms with van der Waals surface area (Å²) in [6.45, 7) is 2.10. The van der Waals surface area contributed by atoms with Crippen LogP contribution in [0.25, 0.3) is 0 Å². The monoisotopic (exact) mass is 215 g/mol. The van der Waals surface area contributed by atoms with Crippen LogP contribution in [0, 0.1) is 6.92 Å². The lowest BCUT2D eigenvalue weighted by Crippen LogP contribution is -2.20. The van der Waals surface area contributed by atoms with Crippen molar-refractivity contribution in [1.82, 2.24) is 15.3 Å². The Morgan fingerprint density at radius 1 is 1.31 bits per heavy atom. The number of nitrogens with zero attached hydrogens (tertiary/aromatic N) is 1.